The Morgan fingerprint density at radius 2 is 2.12 bits per heavy atom. The fraction of sp³-hybridized carbons (Fsp3) is 0.632. The van der Waals surface area contributed by atoms with Crippen molar-refractivity contribution >= 4 is 5.96 Å². The molecule has 0 saturated carbocycles. The average Bonchev–Trinajstić information content (AvgIpc) is 3.13. The molecule has 5 heteroatoms. The fourth-order valence-corrected chi connectivity index (χ4v) is 2.83. The van der Waals surface area contributed by atoms with Crippen LogP contribution in [0.5, 0.6) is 5.75 Å². The zero-order valence-electron chi connectivity index (χ0n) is 15.2. The van der Waals surface area contributed by atoms with Gasteiger partial charge in [0.1, 0.15) is 5.75 Å². The quantitative estimate of drug-likeness (QED) is 0.567. The molecule has 0 amide bonds. The molecule has 0 aliphatic carbocycles. The van der Waals surface area contributed by atoms with Crippen LogP contribution in [0.15, 0.2) is 29.3 Å². The molecule has 2 rings (SSSR count). The number of hydrogen-bond donors (Lipinski definition) is 2. The Morgan fingerprint density at radius 3 is 2.75 bits per heavy atom. The van der Waals surface area contributed by atoms with E-state index in [0.717, 1.165) is 57.2 Å². The van der Waals surface area contributed by atoms with Crippen LogP contribution in [0.25, 0.3) is 0 Å². The van der Waals surface area contributed by atoms with Crippen molar-refractivity contribution < 1.29 is 9.47 Å². The Labute approximate surface area is 145 Å². The lowest BCUT2D eigenvalue weighted by atomic mass is 9.98. The van der Waals surface area contributed by atoms with Gasteiger partial charge in [0, 0.05) is 19.7 Å². The predicted molar refractivity (Wildman–Crippen MR) is 99.0 cm³/mol. The summed E-state index contributed by atoms with van der Waals surface area (Å²) in [6.07, 6.45) is 3.62. The van der Waals surface area contributed by atoms with Crippen LogP contribution in [-0.2, 0) is 4.74 Å². The molecule has 1 aliphatic heterocycles. The first-order chi connectivity index (χ1) is 11.7. The summed E-state index contributed by atoms with van der Waals surface area (Å²) in [5.74, 6) is 2.28. The van der Waals surface area contributed by atoms with E-state index < -0.39 is 0 Å². The summed E-state index contributed by atoms with van der Waals surface area (Å²) in [5, 5.41) is 6.73. The number of rotatable bonds is 8. The van der Waals surface area contributed by atoms with Gasteiger partial charge in [-0.15, -0.1) is 0 Å². The summed E-state index contributed by atoms with van der Waals surface area (Å²) in [6.45, 7) is 7.71. The third kappa shape index (κ3) is 6.04. The lowest BCUT2D eigenvalue weighted by molar-refractivity contribution is 0.117. The minimum absolute atomic E-state index is 0.290. The second-order valence-corrected chi connectivity index (χ2v) is 6.24. The largest absolute Gasteiger partial charge is 0.497 e. The van der Waals surface area contributed by atoms with Gasteiger partial charge in [-0.1, -0.05) is 19.1 Å². The molecule has 1 heterocycles. The first-order valence-electron chi connectivity index (χ1n) is 9.00. The van der Waals surface area contributed by atoms with Crippen molar-refractivity contribution in [2.75, 3.05) is 33.4 Å². The van der Waals surface area contributed by atoms with Crippen molar-refractivity contribution in [2.24, 2.45) is 4.99 Å². The van der Waals surface area contributed by atoms with E-state index in [-0.39, 0.29) is 0 Å². The maximum atomic E-state index is 5.63. The molecule has 0 radical (unpaired) electrons. The molecule has 2 N–H and O–H groups in total. The predicted octanol–water partition coefficient (Wildman–Crippen LogP) is 2.92. The molecule has 134 valence electrons. The molecule has 1 fully saturated rings. The van der Waals surface area contributed by atoms with Gasteiger partial charge in [0.15, 0.2) is 5.96 Å². The van der Waals surface area contributed by atoms with E-state index in [2.05, 4.69) is 41.6 Å². The smallest absolute Gasteiger partial charge is 0.191 e. The van der Waals surface area contributed by atoms with Gasteiger partial charge in [-0.05, 0) is 49.8 Å². The van der Waals surface area contributed by atoms with Crippen LogP contribution in [0.4, 0.5) is 0 Å². The molecule has 1 aliphatic rings. The first-order valence-corrected chi connectivity index (χ1v) is 9.00. The van der Waals surface area contributed by atoms with E-state index in [1.165, 1.54) is 5.56 Å². The number of methoxy groups -OCH3 is 1. The summed E-state index contributed by atoms with van der Waals surface area (Å²) in [6, 6.07) is 8.32. The molecular weight excluding hydrogens is 302 g/mol. The number of benzene rings is 1. The monoisotopic (exact) mass is 333 g/mol. The number of nitrogens with one attached hydrogen (secondary N) is 2. The molecule has 0 aromatic heterocycles. The summed E-state index contributed by atoms with van der Waals surface area (Å²) in [7, 11) is 1.70. The second kappa shape index (κ2) is 10.2. The van der Waals surface area contributed by atoms with Crippen LogP contribution in [0.3, 0.4) is 0 Å². The SMILES string of the molecule is CCNC(=NCC1CCCO1)NCCC(C)c1ccc(OC)cc1. The molecule has 1 saturated heterocycles. The Balaban J connectivity index is 1.76. The van der Waals surface area contributed by atoms with Crippen LogP contribution in [0.2, 0.25) is 0 Å². The van der Waals surface area contributed by atoms with E-state index in [1.54, 1.807) is 7.11 Å². The highest BCUT2D eigenvalue weighted by Gasteiger charge is 2.15. The van der Waals surface area contributed by atoms with E-state index in [1.807, 2.05) is 12.1 Å². The number of ether oxygens (including phenoxy) is 2. The van der Waals surface area contributed by atoms with Gasteiger partial charge < -0.3 is 20.1 Å². The van der Waals surface area contributed by atoms with Gasteiger partial charge in [0.25, 0.3) is 0 Å². The molecule has 0 spiro atoms. The molecule has 0 bridgehead atoms. The zero-order chi connectivity index (χ0) is 17.2. The summed E-state index contributed by atoms with van der Waals surface area (Å²) in [5.41, 5.74) is 1.33. The van der Waals surface area contributed by atoms with Gasteiger partial charge in [-0.2, -0.15) is 0 Å². The third-order valence-corrected chi connectivity index (χ3v) is 4.38. The summed E-state index contributed by atoms with van der Waals surface area (Å²) < 4.78 is 10.8. The van der Waals surface area contributed by atoms with Crippen molar-refractivity contribution in [3.63, 3.8) is 0 Å². The van der Waals surface area contributed by atoms with Crippen molar-refractivity contribution in [3.05, 3.63) is 29.8 Å². The van der Waals surface area contributed by atoms with Crippen molar-refractivity contribution in [2.45, 2.75) is 45.1 Å². The topological polar surface area (TPSA) is 54.9 Å². The molecule has 1 aromatic rings. The van der Waals surface area contributed by atoms with Crippen LogP contribution in [0.1, 0.15) is 44.6 Å². The highest BCUT2D eigenvalue weighted by Crippen LogP contribution is 2.21. The lowest BCUT2D eigenvalue weighted by Crippen LogP contribution is -2.38. The molecule has 24 heavy (non-hydrogen) atoms. The van der Waals surface area contributed by atoms with Crippen LogP contribution in [0, 0.1) is 0 Å². The van der Waals surface area contributed by atoms with Gasteiger partial charge in [0.2, 0.25) is 0 Å². The van der Waals surface area contributed by atoms with E-state index >= 15 is 0 Å². The number of nitrogens with zero attached hydrogens (tertiary/aromatic N) is 1. The first kappa shape index (κ1) is 18.6. The molecular formula is C19H31N3O2. The van der Waals surface area contributed by atoms with Crippen LogP contribution >= 0.6 is 0 Å². The minimum Gasteiger partial charge on any atom is -0.497 e. The lowest BCUT2D eigenvalue weighted by Gasteiger charge is -2.16. The van der Waals surface area contributed by atoms with E-state index in [9.17, 15) is 0 Å². The maximum Gasteiger partial charge on any atom is 0.191 e. The normalized spacial score (nSPS) is 19.1. The van der Waals surface area contributed by atoms with E-state index in [4.69, 9.17) is 9.47 Å². The molecule has 1 aromatic carbocycles. The standard InChI is InChI=1S/C19H31N3O2/c1-4-20-19(22-14-18-6-5-13-24-18)21-12-11-15(2)16-7-9-17(23-3)10-8-16/h7-10,15,18H,4-6,11-14H2,1-3H3,(H2,20,21,22). The fourth-order valence-electron chi connectivity index (χ4n) is 2.83. The second-order valence-electron chi connectivity index (χ2n) is 6.24. The minimum atomic E-state index is 0.290. The van der Waals surface area contributed by atoms with Gasteiger partial charge in [-0.25, -0.2) is 0 Å². The summed E-state index contributed by atoms with van der Waals surface area (Å²) >= 11 is 0. The Kier molecular flexibility index (Phi) is 7.89. The Morgan fingerprint density at radius 1 is 1.33 bits per heavy atom. The number of guanidine groups is 1. The van der Waals surface area contributed by atoms with Crippen molar-refractivity contribution in [1.29, 1.82) is 0 Å². The maximum absolute atomic E-state index is 5.63. The number of aliphatic imine (C=N–C) groups is 1. The van der Waals surface area contributed by atoms with Gasteiger partial charge >= 0.3 is 0 Å². The highest BCUT2D eigenvalue weighted by atomic mass is 16.5. The number of hydrogen-bond acceptors (Lipinski definition) is 3. The van der Waals surface area contributed by atoms with Crippen LogP contribution < -0.4 is 15.4 Å². The Bertz CT molecular complexity index is 496. The van der Waals surface area contributed by atoms with Gasteiger partial charge in [-0.3, -0.25) is 4.99 Å². The van der Waals surface area contributed by atoms with E-state index in [0.29, 0.717) is 12.0 Å². The molecule has 5 nitrogen and oxygen atoms in total. The van der Waals surface area contributed by atoms with Crippen molar-refractivity contribution in [1.82, 2.24) is 10.6 Å². The molecule has 2 unspecified atom stereocenters. The van der Waals surface area contributed by atoms with Crippen LogP contribution in [-0.4, -0.2) is 45.4 Å². The average molecular weight is 333 g/mol. The van der Waals surface area contributed by atoms with Crippen molar-refractivity contribution in [3.8, 4) is 5.75 Å². The highest BCUT2D eigenvalue weighted by molar-refractivity contribution is 5.79. The van der Waals surface area contributed by atoms with Gasteiger partial charge in [0.05, 0.1) is 19.8 Å². The third-order valence-electron chi connectivity index (χ3n) is 4.38. The Hall–Kier alpha value is -1.75. The summed E-state index contributed by atoms with van der Waals surface area (Å²) in [4.78, 5) is 4.64. The zero-order valence-corrected chi connectivity index (χ0v) is 15.2. The molecule has 2 atom stereocenters.